The van der Waals surface area contributed by atoms with E-state index in [1.165, 1.54) is 6.42 Å². The standard InChI is InChI=1S/C7H12N2O/c8-5-4-7(2-1-3-7)9-6(5)10/h5H,1-4,8H2,(H,9,10). The molecule has 3 heteroatoms. The third-order valence-electron chi connectivity index (χ3n) is 2.65. The summed E-state index contributed by atoms with van der Waals surface area (Å²) in [5, 5.41) is 2.95. The Morgan fingerprint density at radius 1 is 1.60 bits per heavy atom. The van der Waals surface area contributed by atoms with Crippen molar-refractivity contribution in [2.24, 2.45) is 5.73 Å². The summed E-state index contributed by atoms with van der Waals surface area (Å²) in [7, 11) is 0. The minimum absolute atomic E-state index is 0.0414. The molecule has 0 aromatic heterocycles. The van der Waals surface area contributed by atoms with Gasteiger partial charge in [0.1, 0.15) is 0 Å². The maximum Gasteiger partial charge on any atom is 0.237 e. The quantitative estimate of drug-likeness (QED) is 0.487. The summed E-state index contributed by atoms with van der Waals surface area (Å²) in [5.74, 6) is 0.0414. The van der Waals surface area contributed by atoms with E-state index in [0.29, 0.717) is 0 Å². The van der Waals surface area contributed by atoms with E-state index >= 15 is 0 Å². The number of nitrogens with one attached hydrogen (secondary N) is 1. The van der Waals surface area contributed by atoms with E-state index < -0.39 is 0 Å². The Labute approximate surface area is 60.0 Å². The van der Waals surface area contributed by atoms with Gasteiger partial charge in [0.15, 0.2) is 0 Å². The van der Waals surface area contributed by atoms with E-state index in [4.69, 9.17) is 5.73 Å². The molecule has 1 heterocycles. The number of nitrogens with two attached hydrogens (primary N) is 1. The third-order valence-corrected chi connectivity index (χ3v) is 2.65. The highest BCUT2D eigenvalue weighted by Crippen LogP contribution is 2.38. The molecule has 2 aliphatic rings. The zero-order valence-electron chi connectivity index (χ0n) is 5.89. The van der Waals surface area contributed by atoms with Crippen LogP contribution in [0.15, 0.2) is 0 Å². The maximum atomic E-state index is 10.9. The van der Waals surface area contributed by atoms with Gasteiger partial charge >= 0.3 is 0 Å². The predicted octanol–water partition coefficient (Wildman–Crippen LogP) is -0.244. The Morgan fingerprint density at radius 2 is 2.30 bits per heavy atom. The van der Waals surface area contributed by atoms with Crippen LogP contribution in [0.4, 0.5) is 0 Å². The molecule has 1 amide bonds. The molecule has 3 nitrogen and oxygen atoms in total. The van der Waals surface area contributed by atoms with Crippen molar-refractivity contribution < 1.29 is 4.79 Å². The van der Waals surface area contributed by atoms with E-state index in [1.54, 1.807) is 0 Å². The fraction of sp³-hybridized carbons (Fsp3) is 0.857. The molecule has 2 fully saturated rings. The van der Waals surface area contributed by atoms with Crippen molar-refractivity contribution in [3.05, 3.63) is 0 Å². The first-order chi connectivity index (χ1) is 4.72. The number of hydrogen-bond acceptors (Lipinski definition) is 2. The van der Waals surface area contributed by atoms with Crippen LogP contribution >= 0.6 is 0 Å². The van der Waals surface area contributed by atoms with Crippen molar-refractivity contribution in [3.8, 4) is 0 Å². The van der Waals surface area contributed by atoms with Crippen LogP contribution in [-0.2, 0) is 4.79 Å². The molecule has 0 aromatic carbocycles. The molecule has 1 aliphatic heterocycles. The highest BCUT2D eigenvalue weighted by molar-refractivity contribution is 5.85. The van der Waals surface area contributed by atoms with Gasteiger partial charge in [-0.05, 0) is 25.7 Å². The molecule has 2 rings (SSSR count). The average Bonchev–Trinajstić information content (AvgIpc) is 2.08. The predicted molar refractivity (Wildman–Crippen MR) is 37.3 cm³/mol. The van der Waals surface area contributed by atoms with Crippen LogP contribution in [-0.4, -0.2) is 17.5 Å². The fourth-order valence-corrected chi connectivity index (χ4v) is 1.85. The summed E-state index contributed by atoms with van der Waals surface area (Å²) in [6.45, 7) is 0. The molecule has 1 spiro atoms. The lowest BCUT2D eigenvalue weighted by Gasteiger charge is -2.37. The molecule has 10 heavy (non-hydrogen) atoms. The highest BCUT2D eigenvalue weighted by Gasteiger charge is 2.46. The zero-order chi connectivity index (χ0) is 7.19. The molecule has 0 bridgehead atoms. The lowest BCUT2D eigenvalue weighted by atomic mass is 9.75. The lowest BCUT2D eigenvalue weighted by molar-refractivity contribution is -0.121. The number of rotatable bonds is 0. The van der Waals surface area contributed by atoms with Crippen molar-refractivity contribution in [3.63, 3.8) is 0 Å². The van der Waals surface area contributed by atoms with Gasteiger partial charge in [0.05, 0.1) is 6.04 Å². The first kappa shape index (κ1) is 6.16. The van der Waals surface area contributed by atoms with Gasteiger partial charge < -0.3 is 11.1 Å². The normalized spacial score (nSPS) is 35.7. The molecule has 1 atom stereocenters. The largest absolute Gasteiger partial charge is 0.349 e. The second-order valence-electron chi connectivity index (χ2n) is 3.43. The van der Waals surface area contributed by atoms with Gasteiger partial charge in [0.25, 0.3) is 0 Å². The SMILES string of the molecule is NC1CC2(CCC2)NC1=O. The second-order valence-corrected chi connectivity index (χ2v) is 3.43. The Balaban J connectivity index is 2.10. The molecule has 0 radical (unpaired) electrons. The van der Waals surface area contributed by atoms with Gasteiger partial charge in [-0.3, -0.25) is 4.79 Å². The molecule has 1 saturated carbocycles. The maximum absolute atomic E-state index is 10.9. The van der Waals surface area contributed by atoms with Gasteiger partial charge in [-0.15, -0.1) is 0 Å². The van der Waals surface area contributed by atoms with Gasteiger partial charge in [-0.1, -0.05) is 0 Å². The fourth-order valence-electron chi connectivity index (χ4n) is 1.85. The minimum atomic E-state index is -0.236. The summed E-state index contributed by atoms with van der Waals surface area (Å²) in [4.78, 5) is 10.9. The van der Waals surface area contributed by atoms with Crippen LogP contribution in [0.25, 0.3) is 0 Å². The number of carbonyl (C=O) groups excluding carboxylic acids is 1. The molecule has 1 unspecified atom stereocenters. The summed E-state index contributed by atoms with van der Waals surface area (Å²) < 4.78 is 0. The summed E-state index contributed by atoms with van der Waals surface area (Å²) in [6.07, 6.45) is 4.36. The first-order valence-electron chi connectivity index (χ1n) is 3.80. The Kier molecular flexibility index (Phi) is 1.06. The van der Waals surface area contributed by atoms with Crippen molar-refractivity contribution in [2.75, 3.05) is 0 Å². The van der Waals surface area contributed by atoms with Crippen LogP contribution in [0.1, 0.15) is 25.7 Å². The molecule has 1 saturated heterocycles. The molecule has 56 valence electrons. The third kappa shape index (κ3) is 0.669. The second kappa shape index (κ2) is 1.72. The topological polar surface area (TPSA) is 55.1 Å². The Bertz CT molecular complexity index is 174. The number of hydrogen-bond donors (Lipinski definition) is 2. The molecule has 0 aromatic rings. The molecular formula is C7H12N2O. The van der Waals surface area contributed by atoms with Crippen LogP contribution in [0.2, 0.25) is 0 Å². The van der Waals surface area contributed by atoms with Gasteiger partial charge in [0, 0.05) is 5.54 Å². The van der Waals surface area contributed by atoms with Crippen molar-refractivity contribution in [2.45, 2.75) is 37.3 Å². The summed E-state index contributed by atoms with van der Waals surface area (Å²) in [6, 6.07) is -0.236. The minimum Gasteiger partial charge on any atom is -0.349 e. The average molecular weight is 140 g/mol. The van der Waals surface area contributed by atoms with E-state index in [-0.39, 0.29) is 17.5 Å². The first-order valence-corrected chi connectivity index (χ1v) is 3.80. The molecule has 1 aliphatic carbocycles. The molecular weight excluding hydrogens is 128 g/mol. The Hall–Kier alpha value is -0.570. The van der Waals surface area contributed by atoms with Crippen molar-refractivity contribution >= 4 is 5.91 Å². The number of carbonyl (C=O) groups is 1. The van der Waals surface area contributed by atoms with Gasteiger partial charge in [0.2, 0.25) is 5.91 Å². The van der Waals surface area contributed by atoms with Crippen LogP contribution < -0.4 is 11.1 Å². The van der Waals surface area contributed by atoms with Crippen LogP contribution in [0.3, 0.4) is 0 Å². The Morgan fingerprint density at radius 3 is 2.50 bits per heavy atom. The van der Waals surface area contributed by atoms with Crippen LogP contribution in [0.5, 0.6) is 0 Å². The highest BCUT2D eigenvalue weighted by atomic mass is 16.2. The van der Waals surface area contributed by atoms with E-state index in [9.17, 15) is 4.79 Å². The van der Waals surface area contributed by atoms with Crippen molar-refractivity contribution in [1.29, 1.82) is 0 Å². The van der Waals surface area contributed by atoms with E-state index in [0.717, 1.165) is 19.3 Å². The van der Waals surface area contributed by atoms with E-state index in [1.807, 2.05) is 0 Å². The summed E-state index contributed by atoms with van der Waals surface area (Å²) in [5.41, 5.74) is 5.69. The van der Waals surface area contributed by atoms with Crippen LogP contribution in [0, 0.1) is 0 Å². The smallest absolute Gasteiger partial charge is 0.237 e. The lowest BCUT2D eigenvalue weighted by Crippen LogP contribution is -2.47. The van der Waals surface area contributed by atoms with E-state index in [2.05, 4.69) is 5.32 Å². The monoisotopic (exact) mass is 140 g/mol. The molecule has 3 N–H and O–H groups in total. The van der Waals surface area contributed by atoms with Gasteiger partial charge in [-0.2, -0.15) is 0 Å². The van der Waals surface area contributed by atoms with Gasteiger partial charge in [-0.25, -0.2) is 0 Å². The summed E-state index contributed by atoms with van der Waals surface area (Å²) >= 11 is 0. The number of amides is 1. The zero-order valence-corrected chi connectivity index (χ0v) is 5.89. The van der Waals surface area contributed by atoms with Crippen molar-refractivity contribution in [1.82, 2.24) is 5.32 Å².